The van der Waals surface area contributed by atoms with Gasteiger partial charge in [0.05, 0.1) is 5.69 Å². The zero-order valence-electron chi connectivity index (χ0n) is 14.0. The minimum absolute atomic E-state index is 0.190. The highest BCUT2D eigenvalue weighted by atomic mass is 32.1. The van der Waals surface area contributed by atoms with Crippen molar-refractivity contribution in [1.29, 1.82) is 0 Å². The Morgan fingerprint density at radius 3 is 2.75 bits per heavy atom. The molecule has 2 aromatic heterocycles. The Hall–Kier alpha value is -2.14. The molecule has 0 aliphatic heterocycles. The van der Waals surface area contributed by atoms with Crippen LogP contribution in [0.5, 0.6) is 0 Å². The van der Waals surface area contributed by atoms with Crippen LogP contribution < -0.4 is 0 Å². The van der Waals surface area contributed by atoms with Crippen LogP contribution >= 0.6 is 11.3 Å². The average Bonchev–Trinajstić information content (AvgIpc) is 3.18. The quantitative estimate of drug-likeness (QED) is 0.706. The number of fused-ring (bicyclic) bond motifs is 1. The van der Waals surface area contributed by atoms with Crippen LogP contribution in [0.25, 0.3) is 16.2 Å². The van der Waals surface area contributed by atoms with Crippen LogP contribution in [-0.2, 0) is 11.2 Å². The van der Waals surface area contributed by atoms with Crippen molar-refractivity contribution in [3.63, 3.8) is 0 Å². The fourth-order valence-corrected chi connectivity index (χ4v) is 4.00. The second kappa shape index (κ2) is 6.06. The fourth-order valence-electron chi connectivity index (χ4n) is 3.09. The van der Waals surface area contributed by atoms with Gasteiger partial charge in [0.2, 0.25) is 5.91 Å². The molecular formula is C19H21N3OS. The number of rotatable bonds is 5. The number of benzene rings is 1. The van der Waals surface area contributed by atoms with Gasteiger partial charge in [0, 0.05) is 48.8 Å². The number of carbonyl (C=O) groups excluding carboxylic acids is 1. The second-order valence-corrected chi connectivity index (χ2v) is 7.40. The number of hydrogen-bond acceptors (Lipinski definition) is 3. The third kappa shape index (κ3) is 2.96. The molecule has 1 aliphatic carbocycles. The molecule has 0 N–H and O–H groups in total. The van der Waals surface area contributed by atoms with Crippen molar-refractivity contribution in [2.45, 2.75) is 39.2 Å². The van der Waals surface area contributed by atoms with Crippen molar-refractivity contribution in [3.05, 3.63) is 47.1 Å². The normalized spacial score (nSPS) is 14.2. The zero-order chi connectivity index (χ0) is 16.7. The molecule has 2 heterocycles. The first-order chi connectivity index (χ1) is 11.6. The lowest BCUT2D eigenvalue weighted by atomic mass is 10.1. The first-order valence-electron chi connectivity index (χ1n) is 8.41. The molecule has 24 heavy (non-hydrogen) atoms. The second-order valence-electron chi connectivity index (χ2n) is 6.57. The van der Waals surface area contributed by atoms with Gasteiger partial charge in [-0.15, -0.1) is 11.3 Å². The molecular weight excluding hydrogens is 318 g/mol. The van der Waals surface area contributed by atoms with Crippen molar-refractivity contribution in [1.82, 2.24) is 14.3 Å². The summed E-state index contributed by atoms with van der Waals surface area (Å²) in [5.41, 5.74) is 4.64. The van der Waals surface area contributed by atoms with E-state index in [0.29, 0.717) is 6.04 Å². The summed E-state index contributed by atoms with van der Waals surface area (Å²) in [6, 6.07) is 8.94. The number of thiazole rings is 1. The summed E-state index contributed by atoms with van der Waals surface area (Å²) in [4.78, 5) is 19.5. The van der Waals surface area contributed by atoms with Gasteiger partial charge >= 0.3 is 0 Å². The maximum Gasteiger partial charge on any atom is 0.219 e. The first kappa shape index (κ1) is 15.4. The van der Waals surface area contributed by atoms with Crippen molar-refractivity contribution < 1.29 is 4.79 Å². The highest BCUT2D eigenvalue weighted by Gasteiger charge is 2.30. The lowest BCUT2D eigenvalue weighted by Gasteiger charge is -2.20. The van der Waals surface area contributed by atoms with E-state index in [2.05, 4.69) is 47.2 Å². The lowest BCUT2D eigenvalue weighted by Crippen LogP contribution is -2.33. The topological polar surface area (TPSA) is 37.6 Å². The Kier molecular flexibility index (Phi) is 3.88. The van der Waals surface area contributed by atoms with E-state index in [9.17, 15) is 4.79 Å². The van der Waals surface area contributed by atoms with Gasteiger partial charge < -0.3 is 4.90 Å². The number of carbonyl (C=O) groups is 1. The number of hydrogen-bond donors (Lipinski definition) is 0. The first-order valence-corrected chi connectivity index (χ1v) is 9.29. The Morgan fingerprint density at radius 1 is 1.33 bits per heavy atom. The van der Waals surface area contributed by atoms with Gasteiger partial charge in [-0.2, -0.15) is 0 Å². The predicted molar refractivity (Wildman–Crippen MR) is 97.4 cm³/mol. The summed E-state index contributed by atoms with van der Waals surface area (Å²) in [6.07, 6.45) is 5.30. The molecule has 0 bridgehead atoms. The van der Waals surface area contributed by atoms with E-state index < -0.39 is 0 Å². The summed E-state index contributed by atoms with van der Waals surface area (Å²) in [5.74, 6) is 0.190. The van der Waals surface area contributed by atoms with Crippen LogP contribution in [0.2, 0.25) is 0 Å². The van der Waals surface area contributed by atoms with Gasteiger partial charge in [0.25, 0.3) is 0 Å². The molecule has 4 nitrogen and oxygen atoms in total. The summed E-state index contributed by atoms with van der Waals surface area (Å²) < 4.78 is 2.17. The molecule has 0 radical (unpaired) electrons. The molecule has 5 heteroatoms. The predicted octanol–water partition coefficient (Wildman–Crippen LogP) is 3.92. The van der Waals surface area contributed by atoms with E-state index in [-0.39, 0.29) is 5.91 Å². The molecule has 1 aliphatic rings. The van der Waals surface area contributed by atoms with Crippen LogP contribution in [0.1, 0.15) is 31.0 Å². The van der Waals surface area contributed by atoms with Gasteiger partial charge in [-0.25, -0.2) is 4.98 Å². The molecule has 3 aromatic rings. The smallest absolute Gasteiger partial charge is 0.219 e. The summed E-state index contributed by atoms with van der Waals surface area (Å²) in [6.45, 7) is 4.56. The molecule has 1 fully saturated rings. The van der Waals surface area contributed by atoms with Crippen LogP contribution in [0.4, 0.5) is 0 Å². The minimum Gasteiger partial charge on any atom is -0.340 e. The highest BCUT2D eigenvalue weighted by molar-refractivity contribution is 7.15. The highest BCUT2D eigenvalue weighted by Crippen LogP contribution is 2.28. The third-order valence-electron chi connectivity index (χ3n) is 4.63. The SMILES string of the molecule is CC(=O)N(CCc1csc2nc(-c3ccc(C)cc3)cn12)C1CC1. The Morgan fingerprint density at radius 2 is 2.08 bits per heavy atom. The number of aromatic nitrogens is 2. The van der Waals surface area contributed by atoms with Crippen molar-refractivity contribution in [2.24, 2.45) is 0 Å². The van der Waals surface area contributed by atoms with Crippen LogP contribution in [0.15, 0.2) is 35.8 Å². The molecule has 1 amide bonds. The van der Waals surface area contributed by atoms with Crippen molar-refractivity contribution in [2.75, 3.05) is 6.54 Å². The van der Waals surface area contributed by atoms with Crippen molar-refractivity contribution in [3.8, 4) is 11.3 Å². The number of imidazole rings is 1. The van der Waals surface area contributed by atoms with Crippen molar-refractivity contribution >= 4 is 22.2 Å². The van der Waals surface area contributed by atoms with E-state index >= 15 is 0 Å². The number of aryl methyl sites for hydroxylation is 1. The average molecular weight is 339 g/mol. The summed E-state index contributed by atoms with van der Waals surface area (Å²) in [7, 11) is 0. The largest absolute Gasteiger partial charge is 0.340 e. The van der Waals surface area contributed by atoms with Gasteiger partial charge in [0.15, 0.2) is 4.96 Å². The zero-order valence-corrected chi connectivity index (χ0v) is 14.8. The molecule has 124 valence electrons. The van der Waals surface area contributed by atoms with Gasteiger partial charge in [0.1, 0.15) is 0 Å². The minimum atomic E-state index is 0.190. The van der Waals surface area contributed by atoms with Crippen LogP contribution in [0, 0.1) is 6.92 Å². The molecule has 1 aromatic carbocycles. The standard InChI is InChI=1S/C19H21N3OS/c1-13-3-5-15(6-4-13)18-11-22-17(12-24-19(22)20-18)9-10-21(14(2)23)16-7-8-16/h3-6,11-12,16H,7-10H2,1-2H3. The molecule has 0 saturated heterocycles. The Labute approximate surface area is 145 Å². The van der Waals surface area contributed by atoms with E-state index in [0.717, 1.165) is 42.0 Å². The molecule has 0 atom stereocenters. The number of amides is 1. The summed E-state index contributed by atoms with van der Waals surface area (Å²) >= 11 is 1.67. The maximum atomic E-state index is 11.8. The maximum absolute atomic E-state index is 11.8. The monoisotopic (exact) mass is 339 g/mol. The summed E-state index contributed by atoms with van der Waals surface area (Å²) in [5, 5.41) is 2.16. The van der Waals surface area contributed by atoms with E-state index in [4.69, 9.17) is 4.98 Å². The van der Waals surface area contributed by atoms with Gasteiger partial charge in [-0.1, -0.05) is 29.8 Å². The van der Waals surface area contributed by atoms with Gasteiger partial charge in [-0.3, -0.25) is 9.20 Å². The van der Waals surface area contributed by atoms with Crippen LogP contribution in [0.3, 0.4) is 0 Å². The van der Waals surface area contributed by atoms with E-state index in [1.165, 1.54) is 11.3 Å². The Balaban J connectivity index is 1.56. The van der Waals surface area contributed by atoms with Crippen LogP contribution in [-0.4, -0.2) is 32.8 Å². The van der Waals surface area contributed by atoms with E-state index in [1.54, 1.807) is 18.3 Å². The number of nitrogens with zero attached hydrogens (tertiary/aromatic N) is 3. The fraction of sp³-hybridized carbons (Fsp3) is 0.368. The lowest BCUT2D eigenvalue weighted by molar-refractivity contribution is -0.129. The Bertz CT molecular complexity index is 874. The molecule has 0 unspecified atom stereocenters. The molecule has 4 rings (SSSR count). The third-order valence-corrected chi connectivity index (χ3v) is 5.52. The molecule has 0 spiro atoms. The van der Waals surface area contributed by atoms with E-state index in [1.807, 2.05) is 4.90 Å². The molecule has 1 saturated carbocycles. The van der Waals surface area contributed by atoms with Gasteiger partial charge in [-0.05, 0) is 19.8 Å².